The fourth-order valence-electron chi connectivity index (χ4n) is 6.20. The number of benzene rings is 5. The van der Waals surface area contributed by atoms with E-state index in [1.54, 1.807) is 0 Å². The van der Waals surface area contributed by atoms with E-state index in [-0.39, 0.29) is 0 Å². The molecule has 0 spiro atoms. The smallest absolute Gasteiger partial charge is 0.0298 e. The molecule has 0 bridgehead atoms. The Hall–Kier alpha value is -3.46. The van der Waals surface area contributed by atoms with Crippen molar-refractivity contribution in [3.8, 4) is 0 Å². The number of rotatable bonds is 7. The molecule has 1 saturated heterocycles. The van der Waals surface area contributed by atoms with Gasteiger partial charge in [0.15, 0.2) is 0 Å². The van der Waals surface area contributed by atoms with Crippen LogP contribution in [-0.4, -0.2) is 24.5 Å². The van der Waals surface area contributed by atoms with E-state index in [4.69, 9.17) is 0 Å². The number of fused-ring (bicyclic) bond motifs is 2. The van der Waals surface area contributed by atoms with Gasteiger partial charge in [-0.05, 0) is 76.7 Å². The minimum atomic E-state index is 0.318. The summed E-state index contributed by atoms with van der Waals surface area (Å²) in [5.74, 6) is 1.15. The number of piperidine rings is 1. The topological polar surface area (TPSA) is 15.3 Å². The SMILES string of the molecule is C[C@@H](NCC1CCN(Cc2ccc3ccccc3c2)CC1c1ccccc1)c1cccc2ccccc12. The summed E-state index contributed by atoms with van der Waals surface area (Å²) in [7, 11) is 0. The van der Waals surface area contributed by atoms with Crippen molar-refractivity contribution in [2.75, 3.05) is 19.6 Å². The van der Waals surface area contributed by atoms with Gasteiger partial charge in [0.25, 0.3) is 0 Å². The molecule has 5 aromatic carbocycles. The lowest BCUT2D eigenvalue weighted by molar-refractivity contribution is 0.148. The van der Waals surface area contributed by atoms with Gasteiger partial charge in [0.1, 0.15) is 0 Å². The Balaban J connectivity index is 1.17. The van der Waals surface area contributed by atoms with E-state index in [9.17, 15) is 0 Å². The minimum Gasteiger partial charge on any atom is -0.310 e. The van der Waals surface area contributed by atoms with Crippen molar-refractivity contribution in [2.24, 2.45) is 5.92 Å². The first-order valence-electron chi connectivity index (χ1n) is 13.7. The molecule has 2 unspecified atom stereocenters. The van der Waals surface area contributed by atoms with Gasteiger partial charge in [0.05, 0.1) is 0 Å². The zero-order valence-corrected chi connectivity index (χ0v) is 21.7. The molecule has 1 aliphatic rings. The van der Waals surface area contributed by atoms with Crippen molar-refractivity contribution in [3.63, 3.8) is 0 Å². The van der Waals surface area contributed by atoms with Gasteiger partial charge >= 0.3 is 0 Å². The van der Waals surface area contributed by atoms with Gasteiger partial charge in [-0.3, -0.25) is 4.90 Å². The number of hydrogen-bond donors (Lipinski definition) is 1. The average molecular weight is 485 g/mol. The van der Waals surface area contributed by atoms with Crippen LogP contribution in [0.25, 0.3) is 21.5 Å². The first-order valence-corrected chi connectivity index (χ1v) is 13.7. The van der Waals surface area contributed by atoms with Gasteiger partial charge in [-0.15, -0.1) is 0 Å². The van der Waals surface area contributed by atoms with Gasteiger partial charge in [0, 0.05) is 25.0 Å². The van der Waals surface area contributed by atoms with Crippen LogP contribution in [-0.2, 0) is 6.54 Å². The number of nitrogens with one attached hydrogen (secondary N) is 1. The molecular weight excluding hydrogens is 448 g/mol. The fraction of sp³-hybridized carbons (Fsp3) is 0.257. The second-order valence-corrected chi connectivity index (χ2v) is 10.7. The molecule has 37 heavy (non-hydrogen) atoms. The highest BCUT2D eigenvalue weighted by Gasteiger charge is 2.30. The van der Waals surface area contributed by atoms with Crippen LogP contribution in [0.1, 0.15) is 42.0 Å². The van der Waals surface area contributed by atoms with E-state index in [1.807, 2.05) is 0 Å². The van der Waals surface area contributed by atoms with E-state index >= 15 is 0 Å². The second-order valence-electron chi connectivity index (χ2n) is 10.7. The molecule has 1 heterocycles. The maximum absolute atomic E-state index is 3.93. The molecule has 0 aliphatic carbocycles. The van der Waals surface area contributed by atoms with Crippen LogP contribution in [0, 0.1) is 5.92 Å². The molecule has 6 rings (SSSR count). The van der Waals surface area contributed by atoms with Crippen molar-refractivity contribution in [1.29, 1.82) is 0 Å². The zero-order valence-electron chi connectivity index (χ0n) is 21.7. The molecule has 5 aromatic rings. The summed E-state index contributed by atoms with van der Waals surface area (Å²) in [5, 5.41) is 9.25. The number of nitrogens with zero attached hydrogens (tertiary/aromatic N) is 1. The molecule has 0 amide bonds. The van der Waals surface area contributed by atoms with Crippen LogP contribution in [0.4, 0.5) is 0 Å². The summed E-state index contributed by atoms with van der Waals surface area (Å²) in [6, 6.07) is 42.5. The first-order chi connectivity index (χ1) is 18.2. The molecule has 2 nitrogen and oxygen atoms in total. The highest BCUT2D eigenvalue weighted by molar-refractivity contribution is 5.86. The summed E-state index contributed by atoms with van der Waals surface area (Å²) in [6.45, 7) is 6.61. The van der Waals surface area contributed by atoms with E-state index < -0.39 is 0 Å². The van der Waals surface area contributed by atoms with Crippen LogP contribution in [0.15, 0.2) is 115 Å². The molecule has 3 atom stereocenters. The Morgan fingerprint density at radius 3 is 2.35 bits per heavy atom. The van der Waals surface area contributed by atoms with E-state index in [0.29, 0.717) is 17.9 Å². The van der Waals surface area contributed by atoms with Crippen molar-refractivity contribution in [2.45, 2.75) is 31.8 Å². The van der Waals surface area contributed by atoms with Crippen molar-refractivity contribution in [1.82, 2.24) is 10.2 Å². The van der Waals surface area contributed by atoms with Gasteiger partial charge in [0.2, 0.25) is 0 Å². The molecule has 0 radical (unpaired) electrons. The summed E-state index contributed by atoms with van der Waals surface area (Å²) in [6.07, 6.45) is 1.21. The molecule has 1 fully saturated rings. The maximum Gasteiger partial charge on any atom is 0.0298 e. The Labute approximate surface area is 220 Å². The van der Waals surface area contributed by atoms with E-state index in [2.05, 4.69) is 132 Å². The number of hydrogen-bond acceptors (Lipinski definition) is 2. The van der Waals surface area contributed by atoms with Crippen LogP contribution in [0.5, 0.6) is 0 Å². The predicted molar refractivity (Wildman–Crippen MR) is 157 cm³/mol. The normalized spacial score (nSPS) is 19.3. The van der Waals surface area contributed by atoms with Gasteiger partial charge in [-0.25, -0.2) is 0 Å². The molecular formula is C35H36N2. The first kappa shape index (κ1) is 23.9. The molecule has 2 heteroatoms. The molecule has 186 valence electrons. The van der Waals surface area contributed by atoms with Crippen molar-refractivity contribution >= 4 is 21.5 Å². The van der Waals surface area contributed by atoms with Gasteiger partial charge in [-0.1, -0.05) is 109 Å². The summed E-state index contributed by atoms with van der Waals surface area (Å²) < 4.78 is 0. The van der Waals surface area contributed by atoms with Crippen LogP contribution in [0.2, 0.25) is 0 Å². The highest BCUT2D eigenvalue weighted by atomic mass is 15.1. The lowest BCUT2D eigenvalue weighted by Gasteiger charge is -2.39. The minimum absolute atomic E-state index is 0.318. The Morgan fingerprint density at radius 2 is 1.49 bits per heavy atom. The molecule has 1 aliphatic heterocycles. The Kier molecular flexibility index (Phi) is 7.03. The third-order valence-electron chi connectivity index (χ3n) is 8.26. The van der Waals surface area contributed by atoms with Gasteiger partial charge in [-0.2, -0.15) is 0 Å². The Morgan fingerprint density at radius 1 is 0.757 bits per heavy atom. The predicted octanol–water partition coefficient (Wildman–Crippen LogP) is 7.95. The van der Waals surface area contributed by atoms with Crippen molar-refractivity contribution < 1.29 is 0 Å². The van der Waals surface area contributed by atoms with Gasteiger partial charge < -0.3 is 5.32 Å². The van der Waals surface area contributed by atoms with Crippen molar-refractivity contribution in [3.05, 3.63) is 132 Å². The van der Waals surface area contributed by atoms with E-state index in [0.717, 1.165) is 26.2 Å². The highest BCUT2D eigenvalue weighted by Crippen LogP contribution is 2.34. The summed E-state index contributed by atoms with van der Waals surface area (Å²) in [5.41, 5.74) is 4.27. The largest absolute Gasteiger partial charge is 0.310 e. The lowest BCUT2D eigenvalue weighted by atomic mass is 9.80. The third-order valence-corrected chi connectivity index (χ3v) is 8.26. The van der Waals surface area contributed by atoms with Crippen LogP contribution >= 0.6 is 0 Å². The Bertz CT molecular complexity index is 1470. The standard InChI is InChI=1S/C35H36N2/c1-26(33-17-9-15-29-13-7-8-16-34(29)33)36-23-32-20-21-37(25-35(32)30-11-3-2-4-12-30)24-27-18-19-28-10-5-6-14-31(28)22-27/h2-19,22,26,32,35-36H,20-21,23-25H2,1H3/t26-,32?,35?/m1/s1. The van der Waals surface area contributed by atoms with Crippen LogP contribution in [0.3, 0.4) is 0 Å². The summed E-state index contributed by atoms with van der Waals surface area (Å²) in [4.78, 5) is 2.66. The third kappa shape index (κ3) is 5.32. The second kappa shape index (κ2) is 10.9. The molecule has 0 saturated carbocycles. The summed E-state index contributed by atoms with van der Waals surface area (Å²) >= 11 is 0. The maximum atomic E-state index is 3.93. The van der Waals surface area contributed by atoms with E-state index in [1.165, 1.54) is 44.7 Å². The quantitative estimate of drug-likeness (QED) is 0.252. The average Bonchev–Trinajstić information content (AvgIpc) is 2.96. The number of likely N-dealkylation sites (tertiary alicyclic amines) is 1. The fourth-order valence-corrected chi connectivity index (χ4v) is 6.20. The molecule has 0 aromatic heterocycles. The van der Waals surface area contributed by atoms with Crippen LogP contribution < -0.4 is 5.32 Å². The lowest BCUT2D eigenvalue weighted by Crippen LogP contribution is -2.42. The monoisotopic (exact) mass is 484 g/mol. The zero-order chi connectivity index (χ0) is 25.0. The molecule has 1 N–H and O–H groups in total.